The zero-order chi connectivity index (χ0) is 16.5. The van der Waals surface area contributed by atoms with Gasteiger partial charge in [-0.2, -0.15) is 5.10 Å². The molecule has 6 nitrogen and oxygen atoms in total. The van der Waals surface area contributed by atoms with Gasteiger partial charge in [-0.3, -0.25) is 9.69 Å². The van der Waals surface area contributed by atoms with Gasteiger partial charge in [-0.25, -0.2) is 4.68 Å². The maximum Gasteiger partial charge on any atom is 0.267 e. The summed E-state index contributed by atoms with van der Waals surface area (Å²) < 4.78 is 1.69. The van der Waals surface area contributed by atoms with Crippen LogP contribution in [0, 0.1) is 6.92 Å². The van der Waals surface area contributed by atoms with Gasteiger partial charge in [-0.05, 0) is 57.6 Å². The number of nitrogens with zero attached hydrogens (tertiary/aromatic N) is 5. The van der Waals surface area contributed by atoms with Crippen LogP contribution in [0.4, 0.5) is 0 Å². The van der Waals surface area contributed by atoms with E-state index < -0.39 is 0 Å². The van der Waals surface area contributed by atoms with Gasteiger partial charge in [0.15, 0.2) is 0 Å². The molecule has 1 aliphatic heterocycles. The smallest absolute Gasteiger partial charge is 0.267 e. The molecule has 1 aliphatic carbocycles. The quantitative estimate of drug-likeness (QED) is 0.847. The van der Waals surface area contributed by atoms with Gasteiger partial charge in [0.2, 0.25) is 0 Å². The van der Waals surface area contributed by atoms with Crippen molar-refractivity contribution < 1.29 is 0 Å². The first-order chi connectivity index (χ1) is 11.7. The first-order valence-corrected chi connectivity index (χ1v) is 9.63. The number of hydrogen-bond acceptors (Lipinski definition) is 6. The average molecular weight is 345 g/mol. The molecular weight excluding hydrogens is 322 g/mol. The summed E-state index contributed by atoms with van der Waals surface area (Å²) in [5.74, 6) is 0. The second-order valence-corrected chi connectivity index (χ2v) is 8.09. The molecule has 1 unspecified atom stereocenters. The monoisotopic (exact) mass is 345 g/mol. The number of aromatic nitrogens is 4. The summed E-state index contributed by atoms with van der Waals surface area (Å²) in [5, 5.41) is 15.1. The second-order valence-electron chi connectivity index (χ2n) is 6.83. The zero-order valence-electron chi connectivity index (χ0n) is 14.1. The van der Waals surface area contributed by atoms with Crippen LogP contribution >= 0.6 is 11.3 Å². The Morgan fingerprint density at radius 1 is 1.25 bits per heavy atom. The standard InChI is InChI=1S/C17H23N5OS/c1-12-18-19-16(24-12)11-21-8-4-6-14(21)10-22-17(23)9-13-5-2-3-7-15(13)20-22/h9,14H,2-8,10-11H2,1H3. The van der Waals surface area contributed by atoms with Crippen molar-refractivity contribution >= 4 is 11.3 Å². The fourth-order valence-corrected chi connectivity index (χ4v) is 4.55. The van der Waals surface area contributed by atoms with Crippen LogP contribution in [-0.2, 0) is 25.9 Å². The zero-order valence-corrected chi connectivity index (χ0v) is 14.9. The van der Waals surface area contributed by atoms with Crippen LogP contribution in [0.2, 0.25) is 0 Å². The number of hydrogen-bond donors (Lipinski definition) is 0. The first-order valence-electron chi connectivity index (χ1n) is 8.82. The maximum atomic E-state index is 12.4. The van der Waals surface area contributed by atoms with E-state index in [0.717, 1.165) is 53.6 Å². The SMILES string of the molecule is Cc1nnc(CN2CCCC2Cn2nc3c(cc2=O)CCCC3)s1. The van der Waals surface area contributed by atoms with Crippen LogP contribution in [0.25, 0.3) is 0 Å². The van der Waals surface area contributed by atoms with Crippen molar-refractivity contribution in [2.75, 3.05) is 6.54 Å². The molecule has 2 aromatic heterocycles. The molecule has 0 aromatic carbocycles. The Balaban J connectivity index is 1.50. The van der Waals surface area contributed by atoms with Gasteiger partial charge in [-0.1, -0.05) is 0 Å². The summed E-state index contributed by atoms with van der Waals surface area (Å²) in [6.07, 6.45) is 6.66. The fraction of sp³-hybridized carbons (Fsp3) is 0.647. The van der Waals surface area contributed by atoms with E-state index in [2.05, 4.69) is 20.2 Å². The Kier molecular flexibility index (Phi) is 4.45. The third kappa shape index (κ3) is 3.28. The third-order valence-corrected chi connectivity index (χ3v) is 5.89. The Labute approximate surface area is 145 Å². The van der Waals surface area contributed by atoms with Crippen LogP contribution in [0.3, 0.4) is 0 Å². The van der Waals surface area contributed by atoms with Crippen LogP contribution in [0.1, 0.15) is 47.0 Å². The van der Waals surface area contributed by atoms with Crippen LogP contribution < -0.4 is 5.56 Å². The highest BCUT2D eigenvalue weighted by molar-refractivity contribution is 7.11. The molecule has 0 bridgehead atoms. The Hall–Kier alpha value is -1.60. The summed E-state index contributed by atoms with van der Waals surface area (Å²) in [6.45, 7) is 4.56. The lowest BCUT2D eigenvalue weighted by Gasteiger charge is -2.24. The van der Waals surface area contributed by atoms with E-state index in [1.807, 2.05) is 13.0 Å². The predicted octanol–water partition coefficient (Wildman–Crippen LogP) is 1.95. The van der Waals surface area contributed by atoms with Crippen molar-refractivity contribution in [3.63, 3.8) is 0 Å². The van der Waals surface area contributed by atoms with Crippen LogP contribution in [0.15, 0.2) is 10.9 Å². The van der Waals surface area contributed by atoms with Gasteiger partial charge in [-0.15, -0.1) is 21.5 Å². The minimum absolute atomic E-state index is 0.0502. The van der Waals surface area contributed by atoms with Crippen molar-refractivity contribution in [1.82, 2.24) is 24.9 Å². The highest BCUT2D eigenvalue weighted by atomic mass is 32.1. The Morgan fingerprint density at radius 3 is 2.96 bits per heavy atom. The van der Waals surface area contributed by atoms with Crippen molar-refractivity contribution in [3.8, 4) is 0 Å². The van der Waals surface area contributed by atoms with Crippen molar-refractivity contribution in [3.05, 3.63) is 37.7 Å². The molecule has 0 amide bonds. The molecule has 7 heteroatoms. The van der Waals surface area contributed by atoms with E-state index in [4.69, 9.17) is 0 Å². The van der Waals surface area contributed by atoms with Crippen molar-refractivity contribution in [2.45, 2.75) is 64.6 Å². The molecule has 1 fully saturated rings. The molecule has 0 radical (unpaired) electrons. The molecule has 1 atom stereocenters. The summed E-state index contributed by atoms with van der Waals surface area (Å²) >= 11 is 1.66. The van der Waals surface area contributed by atoms with Gasteiger partial charge < -0.3 is 0 Å². The predicted molar refractivity (Wildman–Crippen MR) is 93.2 cm³/mol. The van der Waals surface area contributed by atoms with E-state index in [-0.39, 0.29) is 5.56 Å². The number of fused-ring (bicyclic) bond motifs is 1. The molecule has 128 valence electrons. The van der Waals surface area contributed by atoms with E-state index in [1.54, 1.807) is 16.0 Å². The van der Waals surface area contributed by atoms with Gasteiger partial charge in [0.1, 0.15) is 10.0 Å². The molecular formula is C17H23N5OS. The molecule has 0 N–H and O–H groups in total. The summed E-state index contributed by atoms with van der Waals surface area (Å²) in [5.41, 5.74) is 2.34. The van der Waals surface area contributed by atoms with Crippen molar-refractivity contribution in [1.29, 1.82) is 0 Å². The number of likely N-dealkylation sites (tertiary alicyclic amines) is 1. The van der Waals surface area contributed by atoms with Crippen LogP contribution in [-0.4, -0.2) is 37.5 Å². The largest absolute Gasteiger partial charge is 0.292 e. The molecule has 0 saturated carbocycles. The summed E-state index contributed by atoms with van der Waals surface area (Å²) in [4.78, 5) is 14.8. The first kappa shape index (κ1) is 15.9. The van der Waals surface area contributed by atoms with E-state index in [1.165, 1.54) is 19.3 Å². The summed E-state index contributed by atoms with van der Waals surface area (Å²) in [6, 6.07) is 2.18. The fourth-order valence-electron chi connectivity index (χ4n) is 3.82. The van der Waals surface area contributed by atoms with Gasteiger partial charge in [0, 0.05) is 12.1 Å². The normalized spacial score (nSPS) is 21.1. The van der Waals surface area contributed by atoms with E-state index in [9.17, 15) is 4.79 Å². The minimum atomic E-state index is 0.0502. The highest BCUT2D eigenvalue weighted by Crippen LogP contribution is 2.23. The molecule has 2 aliphatic rings. The maximum absolute atomic E-state index is 12.4. The lowest BCUT2D eigenvalue weighted by molar-refractivity contribution is 0.215. The topological polar surface area (TPSA) is 63.9 Å². The molecule has 3 heterocycles. The Morgan fingerprint density at radius 2 is 2.12 bits per heavy atom. The minimum Gasteiger partial charge on any atom is -0.292 e. The number of rotatable bonds is 4. The lowest BCUT2D eigenvalue weighted by atomic mass is 9.97. The Bertz CT molecular complexity index is 784. The van der Waals surface area contributed by atoms with E-state index in [0.29, 0.717) is 12.6 Å². The molecule has 0 spiro atoms. The van der Waals surface area contributed by atoms with Crippen LogP contribution in [0.5, 0.6) is 0 Å². The number of aryl methyl sites for hydroxylation is 3. The van der Waals surface area contributed by atoms with Gasteiger partial charge >= 0.3 is 0 Å². The van der Waals surface area contributed by atoms with Gasteiger partial charge in [0.05, 0.1) is 18.8 Å². The molecule has 4 rings (SSSR count). The molecule has 24 heavy (non-hydrogen) atoms. The molecule has 1 saturated heterocycles. The average Bonchev–Trinajstić information content (AvgIpc) is 3.18. The lowest BCUT2D eigenvalue weighted by Crippen LogP contribution is -2.37. The van der Waals surface area contributed by atoms with Crippen molar-refractivity contribution in [2.24, 2.45) is 0 Å². The van der Waals surface area contributed by atoms with E-state index >= 15 is 0 Å². The highest BCUT2D eigenvalue weighted by Gasteiger charge is 2.27. The third-order valence-electron chi connectivity index (χ3n) is 5.06. The second kappa shape index (κ2) is 6.72. The molecule has 2 aromatic rings. The van der Waals surface area contributed by atoms with Gasteiger partial charge in [0.25, 0.3) is 5.56 Å². The summed E-state index contributed by atoms with van der Waals surface area (Å²) in [7, 11) is 0.